The predicted molar refractivity (Wildman–Crippen MR) is 149 cm³/mol. The monoisotopic (exact) mass is 570 g/mol. The van der Waals surface area contributed by atoms with Crippen LogP contribution in [0.5, 0.6) is 0 Å². The van der Waals surface area contributed by atoms with E-state index in [1.165, 1.54) is 23.1 Å². The maximum atomic E-state index is 14.7. The van der Waals surface area contributed by atoms with Gasteiger partial charge in [-0.25, -0.2) is 18.8 Å². The van der Waals surface area contributed by atoms with E-state index >= 15 is 0 Å². The Balaban J connectivity index is 1.90. The number of ether oxygens (including phenoxy) is 2. The quantitative estimate of drug-likeness (QED) is 0.416. The van der Waals surface area contributed by atoms with E-state index in [0.717, 1.165) is 11.8 Å². The van der Waals surface area contributed by atoms with Gasteiger partial charge in [0.05, 0.1) is 23.3 Å². The van der Waals surface area contributed by atoms with Gasteiger partial charge < -0.3 is 19.7 Å². The first kappa shape index (κ1) is 29.3. The molecule has 0 bridgehead atoms. The summed E-state index contributed by atoms with van der Waals surface area (Å²) in [6.07, 6.45) is -0.247. The van der Waals surface area contributed by atoms with Crippen LogP contribution in [0.3, 0.4) is 0 Å². The van der Waals surface area contributed by atoms with Gasteiger partial charge in [-0.2, -0.15) is 0 Å². The van der Waals surface area contributed by atoms with E-state index < -0.39 is 59.7 Å². The van der Waals surface area contributed by atoms with Crippen LogP contribution in [0, 0.1) is 0 Å². The van der Waals surface area contributed by atoms with Gasteiger partial charge in [0.1, 0.15) is 17.7 Å². The van der Waals surface area contributed by atoms with Crippen LogP contribution in [-0.2, 0) is 9.47 Å². The molecule has 0 spiro atoms. The Labute approximate surface area is 235 Å². The summed E-state index contributed by atoms with van der Waals surface area (Å²) in [5.74, 6) is -4.07. The summed E-state index contributed by atoms with van der Waals surface area (Å²) in [7, 11) is 0. The predicted octanol–water partition coefficient (Wildman–Crippen LogP) is 5.54. The van der Waals surface area contributed by atoms with E-state index in [2.05, 4.69) is 6.58 Å². The number of thioether (sulfide) groups is 1. The highest BCUT2D eigenvalue weighted by Gasteiger charge is 2.52. The van der Waals surface area contributed by atoms with Crippen LogP contribution in [0.25, 0.3) is 0 Å². The van der Waals surface area contributed by atoms with Gasteiger partial charge in [0.2, 0.25) is 0 Å². The molecular weight excluding hydrogens is 539 g/mol. The number of fused-ring (bicyclic) bond motifs is 1. The SMILES string of the molecule is C=CCN(C(=O)OC(C)(C)C)C1=N[C@@H]2[C@@H](c3ccccc3C(=O)O)[C@@H](c3ccccc3C(=O)O)[C@@H](CF)O[C@@H]2S1. The zero-order chi connectivity index (χ0) is 29.2. The number of carboxylic acid groups (broad SMARTS) is 2. The highest BCUT2D eigenvalue weighted by molar-refractivity contribution is 8.14. The van der Waals surface area contributed by atoms with Crippen molar-refractivity contribution in [3.05, 3.63) is 83.4 Å². The summed E-state index contributed by atoms with van der Waals surface area (Å²) in [6, 6.07) is 11.8. The van der Waals surface area contributed by atoms with Crippen LogP contribution in [0.1, 0.15) is 64.4 Å². The standard InChI is InChI=1S/C29H31FN2O7S/c1-5-14-32(28(37)39-29(2,3)4)27-31-23-22(17-11-7-9-13-19(17)25(35)36)21(20(15-30)38-26(23)40-27)16-10-6-8-12-18(16)24(33)34/h5-13,20-23,26H,1,14-15H2,2-4H3,(H,33,34)(H,35,36)/t20-,21+,22+,23-,26-/m1/s1. The third-order valence-corrected chi connectivity index (χ3v) is 7.79. The number of carbonyl (C=O) groups excluding carboxylic acids is 1. The Morgan fingerprint density at radius 1 is 1.05 bits per heavy atom. The fraction of sp³-hybridized carbons (Fsp3) is 0.379. The molecule has 2 aromatic rings. The number of aliphatic imine (C=N–C) groups is 1. The van der Waals surface area contributed by atoms with Gasteiger partial charge in [0, 0.05) is 18.4 Å². The molecule has 40 heavy (non-hydrogen) atoms. The van der Waals surface area contributed by atoms with E-state index in [1.54, 1.807) is 57.2 Å². The summed E-state index contributed by atoms with van der Waals surface area (Å²) in [6.45, 7) is 8.05. The van der Waals surface area contributed by atoms with Crippen LogP contribution < -0.4 is 0 Å². The van der Waals surface area contributed by atoms with E-state index in [0.29, 0.717) is 11.1 Å². The van der Waals surface area contributed by atoms with Gasteiger partial charge in [-0.05, 0) is 44.0 Å². The Morgan fingerprint density at radius 3 is 2.10 bits per heavy atom. The molecule has 0 unspecified atom stereocenters. The number of hydrogen-bond donors (Lipinski definition) is 2. The molecule has 2 aliphatic heterocycles. The average Bonchev–Trinajstić information content (AvgIpc) is 3.32. The van der Waals surface area contributed by atoms with Crippen molar-refractivity contribution in [1.82, 2.24) is 4.90 Å². The number of halogens is 1. The van der Waals surface area contributed by atoms with Gasteiger partial charge in [0.25, 0.3) is 0 Å². The number of carbonyl (C=O) groups is 3. The largest absolute Gasteiger partial charge is 0.478 e. The molecule has 1 amide bonds. The Kier molecular flexibility index (Phi) is 8.65. The van der Waals surface area contributed by atoms with Crippen molar-refractivity contribution in [3.8, 4) is 0 Å². The first-order valence-electron chi connectivity index (χ1n) is 12.7. The smallest absolute Gasteiger partial charge is 0.416 e. The number of rotatable bonds is 7. The lowest BCUT2D eigenvalue weighted by Gasteiger charge is -2.43. The van der Waals surface area contributed by atoms with Crippen molar-refractivity contribution in [2.75, 3.05) is 13.2 Å². The average molecular weight is 571 g/mol. The summed E-state index contributed by atoms with van der Waals surface area (Å²) in [5.41, 5.74) is -0.918. The third kappa shape index (κ3) is 5.90. The lowest BCUT2D eigenvalue weighted by Crippen LogP contribution is -2.46. The lowest BCUT2D eigenvalue weighted by molar-refractivity contribution is -0.0493. The van der Waals surface area contributed by atoms with Crippen molar-refractivity contribution >= 4 is 35.0 Å². The Morgan fingerprint density at radius 2 is 1.60 bits per heavy atom. The lowest BCUT2D eigenvalue weighted by atomic mass is 9.70. The number of nitrogens with zero attached hydrogens (tertiary/aromatic N) is 2. The van der Waals surface area contributed by atoms with Crippen LogP contribution in [0.15, 0.2) is 66.2 Å². The fourth-order valence-corrected chi connectivity index (χ4v) is 6.36. The maximum absolute atomic E-state index is 14.7. The molecule has 2 aliphatic rings. The second-order valence-corrected chi connectivity index (χ2v) is 11.5. The Bertz CT molecular complexity index is 1340. The van der Waals surface area contributed by atoms with E-state index in [-0.39, 0.29) is 22.8 Å². The summed E-state index contributed by atoms with van der Waals surface area (Å²) in [5, 5.41) is 20.2. The van der Waals surface area contributed by atoms with Gasteiger partial charge in [0.15, 0.2) is 5.17 Å². The number of aromatic carboxylic acids is 2. The molecule has 1 saturated heterocycles. The highest BCUT2D eigenvalue weighted by Crippen LogP contribution is 2.52. The highest BCUT2D eigenvalue weighted by atomic mass is 32.2. The van der Waals surface area contributed by atoms with Crippen LogP contribution in [-0.4, -0.2) is 74.7 Å². The van der Waals surface area contributed by atoms with Gasteiger partial charge >= 0.3 is 18.0 Å². The van der Waals surface area contributed by atoms with Crippen molar-refractivity contribution in [1.29, 1.82) is 0 Å². The second kappa shape index (κ2) is 11.8. The third-order valence-electron chi connectivity index (χ3n) is 6.63. The number of amidine groups is 1. The minimum Gasteiger partial charge on any atom is -0.478 e. The van der Waals surface area contributed by atoms with E-state index in [1.807, 2.05) is 0 Å². The molecule has 0 aliphatic carbocycles. The van der Waals surface area contributed by atoms with Crippen molar-refractivity contribution < 1.29 is 38.5 Å². The number of amides is 1. The first-order chi connectivity index (χ1) is 19.0. The van der Waals surface area contributed by atoms with E-state index in [9.17, 15) is 29.0 Å². The molecule has 2 aromatic carbocycles. The summed E-state index contributed by atoms with van der Waals surface area (Å²) >= 11 is 1.11. The Hall–Kier alpha value is -3.70. The molecule has 11 heteroatoms. The molecule has 4 rings (SSSR count). The minimum atomic E-state index is -1.20. The van der Waals surface area contributed by atoms with Crippen molar-refractivity contribution in [2.24, 2.45) is 4.99 Å². The van der Waals surface area contributed by atoms with Gasteiger partial charge in [-0.3, -0.25) is 9.89 Å². The van der Waals surface area contributed by atoms with Crippen LogP contribution in [0.2, 0.25) is 0 Å². The number of alkyl halides is 1. The first-order valence-corrected chi connectivity index (χ1v) is 13.6. The fourth-order valence-electron chi connectivity index (χ4n) is 5.13. The van der Waals surface area contributed by atoms with Crippen LogP contribution in [0.4, 0.5) is 9.18 Å². The molecule has 0 saturated carbocycles. The normalized spacial score (nSPS) is 24.0. The molecule has 9 nitrogen and oxygen atoms in total. The summed E-state index contributed by atoms with van der Waals surface area (Å²) in [4.78, 5) is 43.7. The maximum Gasteiger partial charge on any atom is 0.416 e. The molecule has 212 valence electrons. The van der Waals surface area contributed by atoms with Crippen molar-refractivity contribution in [2.45, 2.75) is 55.8 Å². The van der Waals surface area contributed by atoms with Crippen LogP contribution >= 0.6 is 11.8 Å². The molecule has 0 radical (unpaired) electrons. The molecule has 0 aromatic heterocycles. The topological polar surface area (TPSA) is 126 Å². The second-order valence-electron chi connectivity index (χ2n) is 10.4. The van der Waals surface area contributed by atoms with E-state index in [4.69, 9.17) is 14.5 Å². The van der Waals surface area contributed by atoms with Gasteiger partial charge in [-0.15, -0.1) is 6.58 Å². The molecule has 5 atom stereocenters. The molecule has 2 heterocycles. The summed E-state index contributed by atoms with van der Waals surface area (Å²) < 4.78 is 26.4. The zero-order valence-electron chi connectivity index (χ0n) is 22.3. The van der Waals surface area contributed by atoms with Gasteiger partial charge in [-0.1, -0.05) is 54.2 Å². The zero-order valence-corrected chi connectivity index (χ0v) is 23.1. The number of carboxylic acids is 2. The molecule has 2 N–H and O–H groups in total. The molecule has 1 fully saturated rings. The van der Waals surface area contributed by atoms with Crippen molar-refractivity contribution in [3.63, 3.8) is 0 Å². The minimum absolute atomic E-state index is 0.00713. The molecular formula is C29H31FN2O7S. The number of benzene rings is 2. The number of hydrogen-bond acceptors (Lipinski definition) is 7.